The van der Waals surface area contributed by atoms with Crippen LogP contribution in [0.1, 0.15) is 0 Å². The van der Waals surface area contributed by atoms with Gasteiger partial charge in [-0.25, -0.2) is 4.98 Å². The first-order valence-corrected chi connectivity index (χ1v) is 4.19. The lowest BCUT2D eigenvalue weighted by molar-refractivity contribution is 1.29. The van der Waals surface area contributed by atoms with Crippen LogP contribution in [0.3, 0.4) is 0 Å². The van der Waals surface area contributed by atoms with Gasteiger partial charge in [0.25, 0.3) is 0 Å². The van der Waals surface area contributed by atoms with Gasteiger partial charge in [0.1, 0.15) is 5.82 Å². The molecule has 4 heteroatoms. The summed E-state index contributed by atoms with van der Waals surface area (Å²) in [7, 11) is 0. The Morgan fingerprint density at radius 3 is 2.43 bits per heavy atom. The third-order valence-electron chi connectivity index (χ3n) is 1.86. The van der Waals surface area contributed by atoms with Crippen molar-refractivity contribution < 1.29 is 0 Å². The van der Waals surface area contributed by atoms with Gasteiger partial charge >= 0.3 is 0 Å². The minimum atomic E-state index is 0.478. The molecule has 0 amide bonds. The van der Waals surface area contributed by atoms with E-state index >= 15 is 0 Å². The lowest BCUT2D eigenvalue weighted by atomic mass is 10.1. The fourth-order valence-corrected chi connectivity index (χ4v) is 1.21. The molecule has 4 N–H and O–H groups in total. The summed E-state index contributed by atoms with van der Waals surface area (Å²) >= 11 is 0. The van der Waals surface area contributed by atoms with Gasteiger partial charge in [0.05, 0.1) is 5.69 Å². The molecule has 0 saturated carbocycles. The van der Waals surface area contributed by atoms with Crippen LogP contribution in [0, 0.1) is 0 Å². The van der Waals surface area contributed by atoms with E-state index in [4.69, 9.17) is 11.5 Å². The van der Waals surface area contributed by atoms with Crippen LogP contribution in [0.2, 0.25) is 0 Å². The molecule has 4 nitrogen and oxygen atoms in total. The molecule has 0 bridgehead atoms. The molecule has 70 valence electrons. The van der Waals surface area contributed by atoms with Crippen molar-refractivity contribution in [1.82, 2.24) is 9.97 Å². The van der Waals surface area contributed by atoms with E-state index in [1.54, 1.807) is 30.6 Å². The molecule has 0 radical (unpaired) electrons. The molecule has 0 saturated heterocycles. The molecule has 0 aliphatic rings. The number of nitrogen functional groups attached to an aromatic ring is 2. The van der Waals surface area contributed by atoms with Crippen LogP contribution < -0.4 is 11.5 Å². The van der Waals surface area contributed by atoms with Gasteiger partial charge in [0, 0.05) is 23.6 Å². The van der Waals surface area contributed by atoms with Crippen LogP contribution in [0.15, 0.2) is 36.7 Å². The van der Waals surface area contributed by atoms with Crippen LogP contribution in [0.5, 0.6) is 0 Å². The quantitative estimate of drug-likeness (QED) is 0.703. The number of aromatic nitrogens is 2. The first kappa shape index (κ1) is 8.50. The summed E-state index contributed by atoms with van der Waals surface area (Å²) < 4.78 is 0. The summed E-state index contributed by atoms with van der Waals surface area (Å²) in [6.45, 7) is 0. The zero-order chi connectivity index (χ0) is 9.97. The molecule has 0 aliphatic carbocycles. The average molecular weight is 186 g/mol. The highest BCUT2D eigenvalue weighted by atomic mass is 14.8. The van der Waals surface area contributed by atoms with Gasteiger partial charge in [0.15, 0.2) is 0 Å². The Balaban J connectivity index is 2.49. The molecule has 0 atom stereocenters. The highest BCUT2D eigenvalue weighted by Gasteiger charge is 1.99. The van der Waals surface area contributed by atoms with Gasteiger partial charge in [-0.2, -0.15) is 0 Å². The van der Waals surface area contributed by atoms with Crippen LogP contribution in [-0.4, -0.2) is 9.97 Å². The molecule has 0 aromatic carbocycles. The van der Waals surface area contributed by atoms with E-state index in [-0.39, 0.29) is 0 Å². The molecule has 2 heterocycles. The highest BCUT2D eigenvalue weighted by molar-refractivity contribution is 5.64. The molecular formula is C10H10N4. The number of pyridine rings is 2. The first-order chi connectivity index (χ1) is 6.75. The summed E-state index contributed by atoms with van der Waals surface area (Å²) in [6, 6.07) is 7.16. The number of nitrogens with two attached hydrogens (primary N) is 2. The maximum Gasteiger partial charge on any atom is 0.123 e. The average Bonchev–Trinajstić information content (AvgIpc) is 2.18. The van der Waals surface area contributed by atoms with Gasteiger partial charge in [-0.3, -0.25) is 4.98 Å². The predicted molar refractivity (Wildman–Crippen MR) is 56.3 cm³/mol. The Bertz CT molecular complexity index is 410. The van der Waals surface area contributed by atoms with Crippen molar-refractivity contribution in [1.29, 1.82) is 0 Å². The summed E-state index contributed by atoms with van der Waals surface area (Å²) in [5.41, 5.74) is 13.6. The minimum absolute atomic E-state index is 0.478. The largest absolute Gasteiger partial charge is 0.399 e. The maximum atomic E-state index is 5.65. The van der Waals surface area contributed by atoms with Gasteiger partial charge in [-0.05, 0) is 24.3 Å². The van der Waals surface area contributed by atoms with E-state index < -0.39 is 0 Å². The fourth-order valence-electron chi connectivity index (χ4n) is 1.21. The van der Waals surface area contributed by atoms with Crippen molar-refractivity contribution in [2.75, 3.05) is 11.5 Å². The highest BCUT2D eigenvalue weighted by Crippen LogP contribution is 2.19. The Hall–Kier alpha value is -2.10. The van der Waals surface area contributed by atoms with E-state index in [1.807, 2.05) is 6.07 Å². The molecule has 2 aromatic heterocycles. The second-order valence-electron chi connectivity index (χ2n) is 2.94. The molecule has 0 aliphatic heterocycles. The maximum absolute atomic E-state index is 5.65. The molecule has 14 heavy (non-hydrogen) atoms. The predicted octanol–water partition coefficient (Wildman–Crippen LogP) is 1.31. The topological polar surface area (TPSA) is 77.8 Å². The van der Waals surface area contributed by atoms with Crippen molar-refractivity contribution in [2.45, 2.75) is 0 Å². The number of anilines is 2. The Morgan fingerprint density at radius 1 is 0.929 bits per heavy atom. The summed E-state index contributed by atoms with van der Waals surface area (Å²) in [4.78, 5) is 8.09. The zero-order valence-corrected chi connectivity index (χ0v) is 7.51. The number of hydrogen-bond donors (Lipinski definition) is 2. The van der Waals surface area contributed by atoms with E-state index in [9.17, 15) is 0 Å². The van der Waals surface area contributed by atoms with Crippen molar-refractivity contribution in [2.24, 2.45) is 0 Å². The third-order valence-corrected chi connectivity index (χ3v) is 1.86. The van der Waals surface area contributed by atoms with E-state index in [2.05, 4.69) is 9.97 Å². The number of hydrogen-bond acceptors (Lipinski definition) is 4. The van der Waals surface area contributed by atoms with E-state index in [0.717, 1.165) is 11.3 Å². The van der Waals surface area contributed by atoms with Gasteiger partial charge in [-0.15, -0.1) is 0 Å². The van der Waals surface area contributed by atoms with Crippen LogP contribution >= 0.6 is 0 Å². The first-order valence-electron chi connectivity index (χ1n) is 4.19. The van der Waals surface area contributed by atoms with Crippen molar-refractivity contribution >= 4 is 11.5 Å². The Morgan fingerprint density at radius 2 is 1.71 bits per heavy atom. The molecule has 0 fully saturated rings. The molecular weight excluding hydrogens is 176 g/mol. The van der Waals surface area contributed by atoms with Gasteiger partial charge in [0.2, 0.25) is 0 Å². The van der Waals surface area contributed by atoms with Crippen molar-refractivity contribution in [3.05, 3.63) is 36.7 Å². The normalized spacial score (nSPS) is 10.0. The fraction of sp³-hybridized carbons (Fsp3) is 0. The Labute approximate surface area is 81.6 Å². The lowest BCUT2D eigenvalue weighted by Crippen LogP contribution is -1.92. The lowest BCUT2D eigenvalue weighted by Gasteiger charge is -2.01. The molecule has 0 spiro atoms. The number of nitrogens with zero attached hydrogens (tertiary/aromatic N) is 2. The Kier molecular flexibility index (Phi) is 2.02. The van der Waals surface area contributed by atoms with Crippen molar-refractivity contribution in [3.8, 4) is 11.3 Å². The summed E-state index contributed by atoms with van der Waals surface area (Å²) in [5.74, 6) is 0.478. The smallest absolute Gasteiger partial charge is 0.123 e. The minimum Gasteiger partial charge on any atom is -0.399 e. The third kappa shape index (κ3) is 1.64. The standard InChI is InChI=1S/C10H10N4/c11-8-2-4-13-9(6-8)7-1-3-14-10(12)5-7/h1-6H,(H2,11,13)(H2,12,14). The van der Waals surface area contributed by atoms with Gasteiger partial charge < -0.3 is 11.5 Å². The van der Waals surface area contributed by atoms with Crippen molar-refractivity contribution in [3.63, 3.8) is 0 Å². The van der Waals surface area contributed by atoms with Crippen LogP contribution in [0.4, 0.5) is 11.5 Å². The number of rotatable bonds is 1. The van der Waals surface area contributed by atoms with E-state index in [0.29, 0.717) is 11.5 Å². The van der Waals surface area contributed by atoms with Gasteiger partial charge in [-0.1, -0.05) is 0 Å². The SMILES string of the molecule is Nc1ccnc(-c2ccnc(N)c2)c1. The second-order valence-corrected chi connectivity index (χ2v) is 2.94. The van der Waals surface area contributed by atoms with Crippen LogP contribution in [-0.2, 0) is 0 Å². The summed E-state index contributed by atoms with van der Waals surface area (Å²) in [6.07, 6.45) is 3.32. The molecule has 0 unspecified atom stereocenters. The molecule has 2 rings (SSSR count). The monoisotopic (exact) mass is 186 g/mol. The molecule has 2 aromatic rings. The van der Waals surface area contributed by atoms with Crippen LogP contribution in [0.25, 0.3) is 11.3 Å². The van der Waals surface area contributed by atoms with E-state index in [1.165, 1.54) is 0 Å². The second kappa shape index (κ2) is 3.33. The summed E-state index contributed by atoms with van der Waals surface area (Å²) in [5, 5.41) is 0. The zero-order valence-electron chi connectivity index (χ0n) is 7.51.